The maximum absolute atomic E-state index is 12.5. The zero-order valence-electron chi connectivity index (χ0n) is 12.3. The number of rotatable bonds is 0. The second-order valence-corrected chi connectivity index (χ2v) is 5.90. The lowest BCUT2D eigenvalue weighted by Crippen LogP contribution is -2.37. The molecule has 2 aliphatic rings. The highest BCUT2D eigenvalue weighted by Crippen LogP contribution is 2.42. The van der Waals surface area contributed by atoms with Gasteiger partial charge in [-0.15, -0.1) is 0 Å². The van der Waals surface area contributed by atoms with E-state index >= 15 is 0 Å². The first kappa shape index (κ1) is 12.6. The summed E-state index contributed by atoms with van der Waals surface area (Å²) < 4.78 is 5.87. The molecular formula is C17H18N2O2. The molecule has 1 aromatic heterocycles. The van der Waals surface area contributed by atoms with Gasteiger partial charge < -0.3 is 9.64 Å². The fraction of sp³-hybridized carbons (Fsp3) is 0.412. The number of aromatic nitrogens is 1. The van der Waals surface area contributed by atoms with Crippen LogP contribution < -0.4 is 9.64 Å². The van der Waals surface area contributed by atoms with Gasteiger partial charge in [-0.25, -0.2) is 0 Å². The molecule has 4 nitrogen and oxygen atoms in total. The van der Waals surface area contributed by atoms with Crippen molar-refractivity contribution in [1.82, 2.24) is 4.98 Å². The summed E-state index contributed by atoms with van der Waals surface area (Å²) in [5.41, 5.74) is 4.32. The highest BCUT2D eigenvalue weighted by atomic mass is 16.5. The van der Waals surface area contributed by atoms with Gasteiger partial charge in [-0.1, -0.05) is 6.07 Å². The number of carbonyl (C=O) groups excluding carboxylic acids is 1. The van der Waals surface area contributed by atoms with Crippen molar-refractivity contribution < 1.29 is 9.53 Å². The number of ether oxygens (including phenoxy) is 1. The molecule has 108 valence electrons. The molecule has 0 saturated heterocycles. The molecule has 4 rings (SSSR count). The predicted octanol–water partition coefficient (Wildman–Crippen LogP) is 2.86. The number of hydrogen-bond acceptors (Lipinski definition) is 3. The normalized spacial score (nSPS) is 21.0. The van der Waals surface area contributed by atoms with Crippen LogP contribution in [0.5, 0.6) is 5.75 Å². The molecule has 1 atom stereocenters. The van der Waals surface area contributed by atoms with E-state index in [0.29, 0.717) is 0 Å². The number of nitrogens with zero attached hydrogens (tertiary/aromatic N) is 2. The van der Waals surface area contributed by atoms with Crippen LogP contribution in [-0.4, -0.2) is 24.0 Å². The molecule has 0 spiro atoms. The predicted molar refractivity (Wildman–Crippen MR) is 81.9 cm³/mol. The van der Waals surface area contributed by atoms with E-state index in [0.717, 1.165) is 47.3 Å². The SMILES string of the molecule is CC1Oc2cccc3nc4c(c(c23)N(C)C1=O)CCCC4. The molecular weight excluding hydrogens is 264 g/mol. The van der Waals surface area contributed by atoms with Crippen LogP contribution in [0.2, 0.25) is 0 Å². The average Bonchev–Trinajstić information content (AvgIpc) is 2.59. The summed E-state index contributed by atoms with van der Waals surface area (Å²) in [6.07, 6.45) is 3.87. The molecule has 0 radical (unpaired) electrons. The molecule has 1 aliphatic carbocycles. The van der Waals surface area contributed by atoms with Gasteiger partial charge in [0.05, 0.1) is 16.6 Å². The van der Waals surface area contributed by atoms with Crippen LogP contribution in [0.3, 0.4) is 0 Å². The van der Waals surface area contributed by atoms with E-state index in [1.807, 2.05) is 32.2 Å². The van der Waals surface area contributed by atoms with E-state index in [-0.39, 0.29) is 5.91 Å². The zero-order valence-corrected chi connectivity index (χ0v) is 12.3. The van der Waals surface area contributed by atoms with E-state index in [2.05, 4.69) is 0 Å². The minimum absolute atomic E-state index is 0.00599. The molecule has 1 aromatic carbocycles. The Morgan fingerprint density at radius 3 is 2.95 bits per heavy atom. The van der Waals surface area contributed by atoms with Crippen molar-refractivity contribution in [3.8, 4) is 5.75 Å². The first-order chi connectivity index (χ1) is 10.2. The molecule has 0 fully saturated rings. The Morgan fingerprint density at radius 2 is 2.10 bits per heavy atom. The quantitative estimate of drug-likeness (QED) is 0.746. The molecule has 0 N–H and O–H groups in total. The van der Waals surface area contributed by atoms with E-state index in [1.54, 1.807) is 4.90 Å². The Balaban J connectivity index is 2.12. The van der Waals surface area contributed by atoms with Gasteiger partial charge in [0.25, 0.3) is 5.91 Å². The Labute approximate surface area is 123 Å². The van der Waals surface area contributed by atoms with Gasteiger partial charge in [0.15, 0.2) is 6.10 Å². The van der Waals surface area contributed by atoms with Gasteiger partial charge >= 0.3 is 0 Å². The first-order valence-electron chi connectivity index (χ1n) is 7.55. The number of benzene rings is 1. The van der Waals surface area contributed by atoms with Crippen molar-refractivity contribution in [1.29, 1.82) is 0 Å². The molecule has 2 aromatic rings. The van der Waals surface area contributed by atoms with Gasteiger partial charge in [0.2, 0.25) is 0 Å². The highest BCUT2D eigenvalue weighted by molar-refractivity contribution is 6.09. The lowest BCUT2D eigenvalue weighted by atomic mass is 9.92. The van der Waals surface area contributed by atoms with Crippen molar-refractivity contribution in [2.45, 2.75) is 38.7 Å². The maximum Gasteiger partial charge on any atom is 0.267 e. The number of aryl methyl sites for hydroxylation is 1. The van der Waals surface area contributed by atoms with Gasteiger partial charge in [-0.3, -0.25) is 9.78 Å². The third kappa shape index (κ3) is 1.75. The van der Waals surface area contributed by atoms with E-state index in [4.69, 9.17) is 9.72 Å². The maximum atomic E-state index is 12.5. The number of hydrogen-bond donors (Lipinski definition) is 0. The fourth-order valence-corrected chi connectivity index (χ4v) is 3.51. The lowest BCUT2D eigenvalue weighted by Gasteiger charge is -2.25. The van der Waals surface area contributed by atoms with Crippen LogP contribution in [0.25, 0.3) is 10.9 Å². The number of amides is 1. The van der Waals surface area contributed by atoms with E-state index < -0.39 is 6.10 Å². The largest absolute Gasteiger partial charge is 0.480 e. The third-order valence-electron chi connectivity index (χ3n) is 4.54. The summed E-state index contributed by atoms with van der Waals surface area (Å²) in [7, 11) is 1.86. The molecule has 0 saturated carbocycles. The fourth-order valence-electron chi connectivity index (χ4n) is 3.51. The Kier molecular flexibility index (Phi) is 2.67. The number of likely N-dealkylation sites (N-methyl/N-ethyl adjacent to an activating group) is 1. The summed E-state index contributed by atoms with van der Waals surface area (Å²) in [4.78, 5) is 19.1. The van der Waals surface area contributed by atoms with Crippen LogP contribution in [0.15, 0.2) is 18.2 Å². The van der Waals surface area contributed by atoms with Crippen molar-refractivity contribution in [3.05, 3.63) is 29.5 Å². The van der Waals surface area contributed by atoms with Crippen LogP contribution in [0.4, 0.5) is 5.69 Å². The smallest absolute Gasteiger partial charge is 0.267 e. The van der Waals surface area contributed by atoms with Crippen molar-refractivity contribution in [2.75, 3.05) is 11.9 Å². The first-order valence-corrected chi connectivity index (χ1v) is 7.55. The Morgan fingerprint density at radius 1 is 1.29 bits per heavy atom. The zero-order chi connectivity index (χ0) is 14.6. The standard InChI is InChI=1S/C17H18N2O2/c1-10-17(20)19(2)16-11-6-3-4-7-12(11)18-13-8-5-9-14(21-10)15(13)16/h5,8-10H,3-4,6-7H2,1-2H3. The summed E-state index contributed by atoms with van der Waals surface area (Å²) in [6.45, 7) is 1.81. The Bertz CT molecular complexity index is 754. The molecule has 1 amide bonds. The number of carbonyl (C=O) groups is 1. The third-order valence-corrected chi connectivity index (χ3v) is 4.54. The number of fused-ring (bicyclic) bond motifs is 2. The van der Waals surface area contributed by atoms with Crippen molar-refractivity contribution in [3.63, 3.8) is 0 Å². The van der Waals surface area contributed by atoms with Crippen LogP contribution in [-0.2, 0) is 17.6 Å². The van der Waals surface area contributed by atoms with Gasteiger partial charge in [-0.2, -0.15) is 0 Å². The van der Waals surface area contributed by atoms with Crippen LogP contribution in [0.1, 0.15) is 31.0 Å². The topological polar surface area (TPSA) is 42.4 Å². The second kappa shape index (κ2) is 4.45. The summed E-state index contributed by atoms with van der Waals surface area (Å²) >= 11 is 0. The lowest BCUT2D eigenvalue weighted by molar-refractivity contribution is -0.124. The molecule has 1 aliphatic heterocycles. The molecule has 4 heteroatoms. The number of pyridine rings is 1. The molecule has 1 unspecified atom stereocenters. The second-order valence-electron chi connectivity index (χ2n) is 5.90. The van der Waals surface area contributed by atoms with Gasteiger partial charge in [-0.05, 0) is 50.3 Å². The van der Waals surface area contributed by atoms with Gasteiger partial charge in [0.1, 0.15) is 5.75 Å². The highest BCUT2D eigenvalue weighted by Gasteiger charge is 2.31. The number of anilines is 1. The molecule has 21 heavy (non-hydrogen) atoms. The van der Waals surface area contributed by atoms with Crippen LogP contribution >= 0.6 is 0 Å². The van der Waals surface area contributed by atoms with Crippen LogP contribution in [0, 0.1) is 0 Å². The minimum Gasteiger partial charge on any atom is -0.480 e. The summed E-state index contributed by atoms with van der Waals surface area (Å²) in [6, 6.07) is 5.90. The van der Waals surface area contributed by atoms with E-state index in [9.17, 15) is 4.79 Å². The average molecular weight is 282 g/mol. The molecule has 2 heterocycles. The van der Waals surface area contributed by atoms with Crippen molar-refractivity contribution in [2.24, 2.45) is 0 Å². The van der Waals surface area contributed by atoms with Gasteiger partial charge in [0, 0.05) is 12.7 Å². The monoisotopic (exact) mass is 282 g/mol. The Hall–Kier alpha value is -2.10. The summed E-state index contributed by atoms with van der Waals surface area (Å²) in [5, 5.41) is 0.985. The summed E-state index contributed by atoms with van der Waals surface area (Å²) in [5.74, 6) is 0.778. The minimum atomic E-state index is -0.466. The van der Waals surface area contributed by atoms with E-state index in [1.165, 1.54) is 12.0 Å². The van der Waals surface area contributed by atoms with Crippen molar-refractivity contribution >= 4 is 22.5 Å². The molecule has 0 bridgehead atoms.